The average molecular weight is 399 g/mol. The summed E-state index contributed by atoms with van der Waals surface area (Å²) in [4.78, 5) is 23.3. The minimum Gasteiger partial charge on any atom is -0.478 e. The Labute approximate surface area is 132 Å². The summed E-state index contributed by atoms with van der Waals surface area (Å²) in [5, 5.41) is 11.7. The van der Waals surface area contributed by atoms with Crippen LogP contribution in [0.15, 0.2) is 51.4 Å². The summed E-state index contributed by atoms with van der Waals surface area (Å²) in [6.45, 7) is 0. The van der Waals surface area contributed by atoms with E-state index in [1.807, 2.05) is 0 Å². The van der Waals surface area contributed by atoms with E-state index in [1.165, 1.54) is 6.07 Å². The molecule has 2 aromatic rings. The van der Waals surface area contributed by atoms with E-state index in [4.69, 9.17) is 5.11 Å². The van der Waals surface area contributed by atoms with Crippen LogP contribution in [0.5, 0.6) is 0 Å². The molecule has 0 spiro atoms. The predicted molar refractivity (Wildman–Crippen MR) is 83.2 cm³/mol. The quantitative estimate of drug-likeness (QED) is 0.815. The maximum atomic E-state index is 12.2. The fourth-order valence-corrected chi connectivity index (χ4v) is 2.43. The number of carboxylic acid groups (broad SMARTS) is 1. The first-order valence-corrected chi connectivity index (χ1v) is 7.16. The second-order valence-electron chi connectivity index (χ2n) is 3.93. The molecule has 4 nitrogen and oxygen atoms in total. The van der Waals surface area contributed by atoms with Gasteiger partial charge in [-0.05, 0) is 46.3 Å². The van der Waals surface area contributed by atoms with Gasteiger partial charge in [-0.1, -0.05) is 28.1 Å². The smallest absolute Gasteiger partial charge is 0.337 e. The number of hydrogen-bond donors (Lipinski definition) is 2. The van der Waals surface area contributed by atoms with E-state index in [-0.39, 0.29) is 17.2 Å². The van der Waals surface area contributed by atoms with Crippen molar-refractivity contribution in [1.29, 1.82) is 0 Å². The Kier molecular flexibility index (Phi) is 4.57. The number of amides is 1. The lowest BCUT2D eigenvalue weighted by molar-refractivity contribution is 0.0698. The molecule has 2 rings (SSSR count). The topological polar surface area (TPSA) is 66.4 Å². The number of para-hydroxylation sites is 1. The van der Waals surface area contributed by atoms with Gasteiger partial charge in [0.25, 0.3) is 5.91 Å². The number of anilines is 1. The van der Waals surface area contributed by atoms with Crippen LogP contribution in [0.4, 0.5) is 5.69 Å². The van der Waals surface area contributed by atoms with Crippen LogP contribution in [0.25, 0.3) is 0 Å². The zero-order valence-electron chi connectivity index (χ0n) is 10.1. The van der Waals surface area contributed by atoms with E-state index < -0.39 is 5.97 Å². The number of hydrogen-bond acceptors (Lipinski definition) is 2. The molecule has 0 radical (unpaired) electrons. The lowest BCUT2D eigenvalue weighted by Crippen LogP contribution is -2.15. The molecule has 20 heavy (non-hydrogen) atoms. The molecule has 6 heteroatoms. The van der Waals surface area contributed by atoms with Gasteiger partial charge in [0.15, 0.2) is 0 Å². The summed E-state index contributed by atoms with van der Waals surface area (Å²) in [7, 11) is 0. The maximum Gasteiger partial charge on any atom is 0.337 e. The Morgan fingerprint density at radius 1 is 1.00 bits per heavy atom. The standard InChI is InChI=1S/C14H9Br2NO3/c15-8-5-6-11(16)10(7-8)13(18)17-12-4-2-1-3-9(12)14(19)20/h1-7H,(H,17,18)(H,19,20). The summed E-state index contributed by atoms with van der Waals surface area (Å²) in [6, 6.07) is 11.4. The van der Waals surface area contributed by atoms with Crippen molar-refractivity contribution >= 4 is 49.4 Å². The first-order valence-electron chi connectivity index (χ1n) is 5.58. The van der Waals surface area contributed by atoms with Crippen LogP contribution < -0.4 is 5.32 Å². The fourth-order valence-electron chi connectivity index (χ4n) is 1.64. The fraction of sp³-hybridized carbons (Fsp3) is 0. The summed E-state index contributed by atoms with van der Waals surface area (Å²) < 4.78 is 1.39. The highest BCUT2D eigenvalue weighted by Crippen LogP contribution is 2.23. The number of nitrogens with one attached hydrogen (secondary N) is 1. The molecule has 0 saturated carbocycles. The van der Waals surface area contributed by atoms with Crippen molar-refractivity contribution < 1.29 is 14.7 Å². The molecule has 0 heterocycles. The van der Waals surface area contributed by atoms with Gasteiger partial charge in [0.2, 0.25) is 0 Å². The lowest BCUT2D eigenvalue weighted by Gasteiger charge is -2.09. The van der Waals surface area contributed by atoms with Crippen LogP contribution in [0.2, 0.25) is 0 Å². The van der Waals surface area contributed by atoms with Crippen molar-refractivity contribution in [2.75, 3.05) is 5.32 Å². The molecule has 0 unspecified atom stereocenters. The summed E-state index contributed by atoms with van der Waals surface area (Å²) in [5.41, 5.74) is 0.725. The third kappa shape index (κ3) is 3.26. The molecule has 0 fully saturated rings. The molecular weight excluding hydrogens is 390 g/mol. The van der Waals surface area contributed by atoms with Crippen LogP contribution in [-0.4, -0.2) is 17.0 Å². The Hall–Kier alpha value is -1.66. The molecule has 0 saturated heterocycles. The molecule has 1 amide bonds. The molecule has 0 bridgehead atoms. The number of rotatable bonds is 3. The number of benzene rings is 2. The van der Waals surface area contributed by atoms with Crippen molar-refractivity contribution in [3.63, 3.8) is 0 Å². The van der Waals surface area contributed by atoms with E-state index in [2.05, 4.69) is 37.2 Å². The van der Waals surface area contributed by atoms with Gasteiger partial charge in [-0.15, -0.1) is 0 Å². The molecule has 0 aliphatic carbocycles. The second kappa shape index (κ2) is 6.19. The molecular formula is C14H9Br2NO3. The Balaban J connectivity index is 2.33. The highest BCUT2D eigenvalue weighted by molar-refractivity contribution is 9.11. The van der Waals surface area contributed by atoms with Crippen molar-refractivity contribution in [2.45, 2.75) is 0 Å². The molecule has 0 aromatic heterocycles. The Morgan fingerprint density at radius 2 is 1.70 bits per heavy atom. The second-order valence-corrected chi connectivity index (χ2v) is 5.70. The van der Waals surface area contributed by atoms with Crippen LogP contribution in [-0.2, 0) is 0 Å². The summed E-state index contributed by atoms with van der Waals surface area (Å²) in [6.07, 6.45) is 0. The maximum absolute atomic E-state index is 12.2. The third-order valence-electron chi connectivity index (χ3n) is 2.58. The number of aromatic carboxylic acids is 1. The van der Waals surface area contributed by atoms with Gasteiger partial charge < -0.3 is 10.4 Å². The van der Waals surface area contributed by atoms with Crippen molar-refractivity contribution in [3.05, 3.63) is 62.5 Å². The molecule has 0 atom stereocenters. The van der Waals surface area contributed by atoms with Gasteiger partial charge in [0.05, 0.1) is 16.8 Å². The number of carboxylic acids is 1. The highest BCUT2D eigenvalue weighted by atomic mass is 79.9. The lowest BCUT2D eigenvalue weighted by atomic mass is 10.1. The average Bonchev–Trinajstić information content (AvgIpc) is 2.41. The monoisotopic (exact) mass is 397 g/mol. The van der Waals surface area contributed by atoms with Gasteiger partial charge in [-0.2, -0.15) is 0 Å². The zero-order chi connectivity index (χ0) is 14.7. The minimum atomic E-state index is -1.09. The van der Waals surface area contributed by atoms with E-state index >= 15 is 0 Å². The Morgan fingerprint density at radius 3 is 2.40 bits per heavy atom. The van der Waals surface area contributed by atoms with Crippen LogP contribution >= 0.6 is 31.9 Å². The van der Waals surface area contributed by atoms with E-state index in [9.17, 15) is 9.59 Å². The third-order valence-corrected chi connectivity index (χ3v) is 3.76. The number of carbonyl (C=O) groups is 2. The normalized spacial score (nSPS) is 10.1. The van der Waals surface area contributed by atoms with Crippen LogP contribution in [0.1, 0.15) is 20.7 Å². The molecule has 2 N–H and O–H groups in total. The SMILES string of the molecule is O=C(Nc1ccccc1C(=O)O)c1cc(Br)ccc1Br. The number of halogens is 2. The minimum absolute atomic E-state index is 0.0481. The molecule has 102 valence electrons. The van der Waals surface area contributed by atoms with Crippen molar-refractivity contribution in [3.8, 4) is 0 Å². The molecule has 0 aliphatic heterocycles. The van der Waals surface area contributed by atoms with E-state index in [0.29, 0.717) is 10.0 Å². The van der Waals surface area contributed by atoms with Gasteiger partial charge >= 0.3 is 5.97 Å². The van der Waals surface area contributed by atoms with E-state index in [0.717, 1.165) is 4.47 Å². The first kappa shape index (κ1) is 14.7. The van der Waals surface area contributed by atoms with Gasteiger partial charge in [-0.25, -0.2) is 4.79 Å². The van der Waals surface area contributed by atoms with Gasteiger partial charge in [-0.3, -0.25) is 4.79 Å². The van der Waals surface area contributed by atoms with E-state index in [1.54, 1.807) is 36.4 Å². The molecule has 0 aliphatic rings. The van der Waals surface area contributed by atoms with Crippen LogP contribution in [0, 0.1) is 0 Å². The largest absolute Gasteiger partial charge is 0.478 e. The zero-order valence-corrected chi connectivity index (χ0v) is 13.2. The molecule has 2 aromatic carbocycles. The summed E-state index contributed by atoms with van der Waals surface area (Å²) >= 11 is 6.59. The number of carbonyl (C=O) groups excluding carboxylic acids is 1. The first-order chi connectivity index (χ1) is 9.49. The van der Waals surface area contributed by atoms with Gasteiger partial charge in [0, 0.05) is 8.95 Å². The predicted octanol–water partition coefficient (Wildman–Crippen LogP) is 4.16. The van der Waals surface area contributed by atoms with Gasteiger partial charge in [0.1, 0.15) is 0 Å². The van der Waals surface area contributed by atoms with Crippen molar-refractivity contribution in [2.24, 2.45) is 0 Å². The van der Waals surface area contributed by atoms with Crippen molar-refractivity contribution in [1.82, 2.24) is 0 Å². The highest BCUT2D eigenvalue weighted by Gasteiger charge is 2.15. The summed E-state index contributed by atoms with van der Waals surface area (Å²) in [5.74, 6) is -1.47. The Bertz CT molecular complexity index is 686. The van der Waals surface area contributed by atoms with Crippen LogP contribution in [0.3, 0.4) is 0 Å².